The molecule has 0 unspecified atom stereocenters. The number of carbonyl (C=O) groups excluding carboxylic acids is 3. The number of hydrogen-bond donors (Lipinski definition) is 1. The first kappa shape index (κ1) is 33.0. The average molecular weight is 644 g/mol. The fourth-order valence-electron chi connectivity index (χ4n) is 5.11. The van der Waals surface area contributed by atoms with Gasteiger partial charge in [0.15, 0.2) is 15.6 Å². The number of carbonyl (C=O) groups is 3. The van der Waals surface area contributed by atoms with Gasteiger partial charge in [0, 0.05) is 62.0 Å². The summed E-state index contributed by atoms with van der Waals surface area (Å²) in [6, 6.07) is 14.9. The molecule has 3 aromatic rings. The van der Waals surface area contributed by atoms with Gasteiger partial charge in [0.1, 0.15) is 5.78 Å². The highest BCUT2D eigenvalue weighted by Gasteiger charge is 2.27. The third-order valence-corrected chi connectivity index (χ3v) is 10.6. The number of thiazole rings is 1. The number of ketones is 2. The van der Waals surface area contributed by atoms with Gasteiger partial charge in [-0.25, -0.2) is 13.4 Å². The van der Waals surface area contributed by atoms with Crippen molar-refractivity contribution < 1.29 is 22.8 Å². The maximum Gasteiger partial charge on any atom is 0.224 e. The van der Waals surface area contributed by atoms with Gasteiger partial charge in [-0.15, -0.1) is 11.3 Å². The predicted octanol–water partition coefficient (Wildman–Crippen LogP) is 4.84. The smallest absolute Gasteiger partial charge is 0.224 e. The molecule has 11 heteroatoms. The minimum atomic E-state index is -3.01. The fraction of sp³-hybridized carbons (Fsp3) is 0.438. The Hall–Kier alpha value is -2.92. The molecule has 43 heavy (non-hydrogen) atoms. The lowest BCUT2D eigenvalue weighted by atomic mass is 9.94. The van der Waals surface area contributed by atoms with E-state index < -0.39 is 15.8 Å². The predicted molar refractivity (Wildman–Crippen MR) is 172 cm³/mol. The Bertz CT molecular complexity index is 1560. The first-order chi connectivity index (χ1) is 20.5. The zero-order valence-corrected chi connectivity index (χ0v) is 26.8. The molecule has 2 atom stereocenters. The molecule has 0 spiro atoms. The second-order valence-corrected chi connectivity index (χ2v) is 15.0. The lowest BCUT2D eigenvalue weighted by Gasteiger charge is -2.27. The molecular formula is C32H38ClN3O5S2. The van der Waals surface area contributed by atoms with Crippen LogP contribution in [0.1, 0.15) is 43.2 Å². The summed E-state index contributed by atoms with van der Waals surface area (Å²) < 4.78 is 24.4. The van der Waals surface area contributed by atoms with Gasteiger partial charge < -0.3 is 5.32 Å². The van der Waals surface area contributed by atoms with Gasteiger partial charge in [-0.05, 0) is 36.6 Å². The van der Waals surface area contributed by atoms with Gasteiger partial charge in [-0.1, -0.05) is 55.4 Å². The van der Waals surface area contributed by atoms with E-state index in [1.807, 2.05) is 47.4 Å². The van der Waals surface area contributed by atoms with Gasteiger partial charge in [0.25, 0.3) is 0 Å². The number of rotatable bonds is 15. The van der Waals surface area contributed by atoms with Crippen LogP contribution in [0.15, 0.2) is 60.7 Å². The van der Waals surface area contributed by atoms with Gasteiger partial charge >= 0.3 is 0 Å². The van der Waals surface area contributed by atoms with E-state index in [1.54, 1.807) is 13.0 Å². The summed E-state index contributed by atoms with van der Waals surface area (Å²) in [4.78, 5) is 45.8. The fourth-order valence-corrected chi connectivity index (χ4v) is 7.71. The van der Waals surface area contributed by atoms with Crippen LogP contribution in [0.5, 0.6) is 0 Å². The normalized spacial score (nSPS) is 16.4. The van der Waals surface area contributed by atoms with Crippen LogP contribution in [0.25, 0.3) is 10.2 Å². The van der Waals surface area contributed by atoms with Crippen LogP contribution in [0.3, 0.4) is 0 Å². The van der Waals surface area contributed by atoms with Crippen LogP contribution < -0.4 is 5.32 Å². The van der Waals surface area contributed by atoms with Crippen molar-refractivity contribution in [3.8, 4) is 0 Å². The number of sulfone groups is 1. The summed E-state index contributed by atoms with van der Waals surface area (Å²) >= 11 is 7.61. The quantitative estimate of drug-likeness (QED) is 0.236. The highest BCUT2D eigenvalue weighted by atomic mass is 35.5. The maximum atomic E-state index is 13.7. The largest absolute Gasteiger partial charge is 0.353 e. The van der Waals surface area contributed by atoms with Crippen LogP contribution in [0.4, 0.5) is 0 Å². The van der Waals surface area contributed by atoms with E-state index in [2.05, 4.69) is 16.9 Å². The van der Waals surface area contributed by atoms with E-state index in [4.69, 9.17) is 11.6 Å². The lowest BCUT2D eigenvalue weighted by Crippen LogP contribution is -2.42. The molecule has 1 N–H and O–H groups in total. The standard InChI is InChI=1S/C32H38ClN3O5S2/c1-3-27(37)18-24(19-31-35-28-11-9-25(33)20-30(28)42-31)32(39)34-26(17-23-7-5-4-6-8-23)10-12-29(38)22(2)21-36-13-15-43(40,41)16-14-36/h4-9,11,20,24,26H,2-3,10,12-19,21H2,1H3,(H,34,39)/t24-,26+/m0/s1. The second-order valence-electron chi connectivity index (χ2n) is 11.1. The summed E-state index contributed by atoms with van der Waals surface area (Å²) in [5.41, 5.74) is 2.27. The first-order valence-electron chi connectivity index (χ1n) is 14.6. The molecule has 0 radical (unpaired) electrons. The summed E-state index contributed by atoms with van der Waals surface area (Å²) in [5, 5.41) is 4.52. The molecule has 230 valence electrons. The molecule has 1 aliphatic heterocycles. The molecule has 2 aromatic carbocycles. The highest BCUT2D eigenvalue weighted by Crippen LogP contribution is 2.28. The Balaban J connectivity index is 1.43. The first-order valence-corrected chi connectivity index (χ1v) is 17.6. The van der Waals surface area contributed by atoms with Crippen molar-refractivity contribution in [1.29, 1.82) is 0 Å². The maximum absolute atomic E-state index is 13.7. The number of hydrogen-bond acceptors (Lipinski definition) is 8. The number of aromatic nitrogens is 1. The zero-order valence-electron chi connectivity index (χ0n) is 24.4. The minimum Gasteiger partial charge on any atom is -0.353 e. The molecule has 2 heterocycles. The summed E-state index contributed by atoms with van der Waals surface area (Å²) in [6.07, 6.45) is 1.91. The zero-order chi connectivity index (χ0) is 31.0. The van der Waals surface area contributed by atoms with E-state index in [9.17, 15) is 22.8 Å². The average Bonchev–Trinajstić information content (AvgIpc) is 3.38. The van der Waals surface area contributed by atoms with Crippen molar-refractivity contribution in [1.82, 2.24) is 15.2 Å². The van der Waals surface area contributed by atoms with Crippen LogP contribution in [-0.4, -0.2) is 73.0 Å². The summed E-state index contributed by atoms with van der Waals surface area (Å²) in [7, 11) is -3.01. The van der Waals surface area contributed by atoms with Crippen LogP contribution >= 0.6 is 22.9 Å². The topological polar surface area (TPSA) is 114 Å². The van der Waals surface area contributed by atoms with Crippen molar-refractivity contribution in [3.63, 3.8) is 0 Å². The number of benzene rings is 2. The number of halogens is 1. The van der Waals surface area contributed by atoms with Crippen molar-refractivity contribution in [2.75, 3.05) is 31.1 Å². The number of Topliss-reactive ketones (excluding diaryl/α,β-unsaturated/α-hetero) is 2. The van der Waals surface area contributed by atoms with Crippen LogP contribution in [-0.2, 0) is 37.1 Å². The van der Waals surface area contributed by atoms with E-state index in [-0.39, 0.29) is 47.9 Å². The van der Waals surface area contributed by atoms with Gasteiger partial charge in [-0.2, -0.15) is 0 Å². The SMILES string of the molecule is C=C(CN1CCS(=O)(=O)CC1)C(=O)CC[C@H](Cc1ccccc1)NC(=O)[C@@H](CC(=O)CC)Cc1nc2ccc(Cl)cc2s1. The molecule has 0 aliphatic carbocycles. The Labute approximate surface area is 262 Å². The highest BCUT2D eigenvalue weighted by molar-refractivity contribution is 7.91. The van der Waals surface area contributed by atoms with Crippen LogP contribution in [0, 0.1) is 5.92 Å². The number of nitrogens with one attached hydrogen (secondary N) is 1. The number of nitrogens with zero attached hydrogens (tertiary/aromatic N) is 2. The lowest BCUT2D eigenvalue weighted by molar-refractivity contribution is -0.130. The van der Waals surface area contributed by atoms with E-state index >= 15 is 0 Å². The van der Waals surface area contributed by atoms with Crippen molar-refractivity contribution in [3.05, 3.63) is 76.3 Å². The Morgan fingerprint density at radius 3 is 2.51 bits per heavy atom. The summed E-state index contributed by atoms with van der Waals surface area (Å²) in [5.74, 6) is -0.755. The monoisotopic (exact) mass is 643 g/mol. The van der Waals surface area contributed by atoms with E-state index in [0.29, 0.717) is 55.9 Å². The number of amides is 1. The Kier molecular flexibility index (Phi) is 11.7. The molecule has 4 rings (SSSR count). The van der Waals surface area contributed by atoms with Gasteiger partial charge in [0.2, 0.25) is 5.91 Å². The molecular weight excluding hydrogens is 606 g/mol. The van der Waals surface area contributed by atoms with Crippen molar-refractivity contribution in [2.45, 2.75) is 51.5 Å². The molecule has 1 aliphatic rings. The second kappa shape index (κ2) is 15.2. The Morgan fingerprint density at radius 1 is 1.09 bits per heavy atom. The molecule has 0 bridgehead atoms. The van der Waals surface area contributed by atoms with Gasteiger partial charge in [0.05, 0.1) is 32.6 Å². The van der Waals surface area contributed by atoms with Gasteiger partial charge in [-0.3, -0.25) is 19.3 Å². The van der Waals surface area contributed by atoms with E-state index in [1.165, 1.54) is 11.3 Å². The molecule has 0 saturated carbocycles. The third-order valence-electron chi connectivity index (χ3n) is 7.69. The van der Waals surface area contributed by atoms with Crippen molar-refractivity contribution in [2.24, 2.45) is 5.92 Å². The van der Waals surface area contributed by atoms with Crippen molar-refractivity contribution >= 4 is 60.5 Å². The molecule has 1 amide bonds. The van der Waals surface area contributed by atoms with Crippen LogP contribution in [0.2, 0.25) is 5.02 Å². The molecule has 1 fully saturated rings. The number of fused-ring (bicyclic) bond motifs is 1. The molecule has 8 nitrogen and oxygen atoms in total. The third kappa shape index (κ3) is 10.1. The molecule has 1 aromatic heterocycles. The Morgan fingerprint density at radius 2 is 1.81 bits per heavy atom. The summed E-state index contributed by atoms with van der Waals surface area (Å²) in [6.45, 7) is 6.87. The molecule has 1 saturated heterocycles. The van der Waals surface area contributed by atoms with E-state index in [0.717, 1.165) is 20.8 Å². The minimum absolute atomic E-state index is 0.000838.